The van der Waals surface area contributed by atoms with E-state index in [2.05, 4.69) is 15.2 Å². The Balaban J connectivity index is 1.81. The maximum atomic E-state index is 12.5. The molecule has 0 radical (unpaired) electrons. The van der Waals surface area contributed by atoms with Gasteiger partial charge in [0.15, 0.2) is 5.82 Å². The number of likely N-dealkylation sites (tertiary alicyclic amines) is 1. The lowest BCUT2D eigenvalue weighted by atomic mass is 10.1. The number of carbonyl (C=O) groups excluding carboxylic acids is 1. The minimum atomic E-state index is 0.0556. The highest BCUT2D eigenvalue weighted by Crippen LogP contribution is 2.21. The van der Waals surface area contributed by atoms with Crippen molar-refractivity contribution in [2.75, 3.05) is 19.6 Å². The smallest absolute Gasteiger partial charge is 0.253 e. The van der Waals surface area contributed by atoms with Crippen LogP contribution in [0.3, 0.4) is 0 Å². The van der Waals surface area contributed by atoms with E-state index in [1.54, 1.807) is 0 Å². The Morgan fingerprint density at radius 1 is 1.52 bits per heavy atom. The number of rotatable bonds is 3. The summed E-state index contributed by atoms with van der Waals surface area (Å²) in [6.07, 6.45) is 0.988. The van der Waals surface area contributed by atoms with Gasteiger partial charge >= 0.3 is 0 Å². The van der Waals surface area contributed by atoms with Crippen LogP contribution in [-0.4, -0.2) is 45.6 Å². The summed E-state index contributed by atoms with van der Waals surface area (Å²) in [4.78, 5) is 18.7. The minimum absolute atomic E-state index is 0.0556. The van der Waals surface area contributed by atoms with E-state index >= 15 is 0 Å². The van der Waals surface area contributed by atoms with Gasteiger partial charge in [-0.25, -0.2) is 4.98 Å². The van der Waals surface area contributed by atoms with Crippen LogP contribution in [0.1, 0.15) is 22.6 Å². The summed E-state index contributed by atoms with van der Waals surface area (Å²) in [6.45, 7) is 4.02. The fourth-order valence-corrected chi connectivity index (χ4v) is 2.66. The second-order valence-corrected chi connectivity index (χ2v) is 5.47. The molecule has 1 aromatic heterocycles. The molecule has 2 aromatic rings. The topological polar surface area (TPSA) is 87.9 Å². The Morgan fingerprint density at radius 2 is 2.38 bits per heavy atom. The Hall–Kier alpha value is -2.21. The largest absolute Gasteiger partial charge is 0.338 e. The van der Waals surface area contributed by atoms with Crippen LogP contribution in [0.2, 0.25) is 0 Å². The average molecular weight is 285 g/mol. The highest BCUT2D eigenvalue weighted by molar-refractivity contribution is 5.95. The van der Waals surface area contributed by atoms with Crippen molar-refractivity contribution in [2.24, 2.45) is 11.7 Å². The van der Waals surface area contributed by atoms with Crippen LogP contribution in [0.15, 0.2) is 24.3 Å². The van der Waals surface area contributed by atoms with Gasteiger partial charge in [-0.1, -0.05) is 12.1 Å². The lowest BCUT2D eigenvalue weighted by Crippen LogP contribution is -2.29. The van der Waals surface area contributed by atoms with Gasteiger partial charge in [0.05, 0.1) is 0 Å². The molecule has 0 unspecified atom stereocenters. The van der Waals surface area contributed by atoms with Crippen LogP contribution in [0, 0.1) is 12.8 Å². The first kappa shape index (κ1) is 13.8. The minimum Gasteiger partial charge on any atom is -0.338 e. The van der Waals surface area contributed by atoms with Crippen molar-refractivity contribution in [3.63, 3.8) is 0 Å². The van der Waals surface area contributed by atoms with Crippen LogP contribution >= 0.6 is 0 Å². The molecular formula is C15H19N5O. The zero-order chi connectivity index (χ0) is 14.8. The van der Waals surface area contributed by atoms with Gasteiger partial charge in [0.1, 0.15) is 5.82 Å². The second kappa shape index (κ2) is 5.65. The number of H-pyrrole nitrogens is 1. The monoisotopic (exact) mass is 285 g/mol. The predicted molar refractivity (Wildman–Crippen MR) is 79.6 cm³/mol. The summed E-state index contributed by atoms with van der Waals surface area (Å²) >= 11 is 0. The van der Waals surface area contributed by atoms with E-state index in [0.29, 0.717) is 23.9 Å². The van der Waals surface area contributed by atoms with Crippen LogP contribution in [0.5, 0.6) is 0 Å². The van der Waals surface area contributed by atoms with Gasteiger partial charge in [0, 0.05) is 24.2 Å². The third-order valence-corrected chi connectivity index (χ3v) is 3.87. The molecular weight excluding hydrogens is 266 g/mol. The molecule has 6 heteroatoms. The Morgan fingerprint density at radius 3 is 3.05 bits per heavy atom. The van der Waals surface area contributed by atoms with Gasteiger partial charge < -0.3 is 10.6 Å². The van der Waals surface area contributed by atoms with E-state index < -0.39 is 0 Å². The lowest BCUT2D eigenvalue weighted by molar-refractivity contribution is 0.0787. The van der Waals surface area contributed by atoms with E-state index in [9.17, 15) is 4.79 Å². The Labute approximate surface area is 123 Å². The third kappa shape index (κ3) is 2.80. The zero-order valence-corrected chi connectivity index (χ0v) is 12.0. The van der Waals surface area contributed by atoms with E-state index in [-0.39, 0.29) is 5.91 Å². The number of nitrogens with zero attached hydrogens (tertiary/aromatic N) is 3. The predicted octanol–water partition coefficient (Wildman–Crippen LogP) is 1.20. The number of hydrogen-bond acceptors (Lipinski definition) is 4. The van der Waals surface area contributed by atoms with Crippen LogP contribution < -0.4 is 5.73 Å². The summed E-state index contributed by atoms with van der Waals surface area (Å²) in [5, 5.41) is 6.95. The molecule has 1 amide bonds. The maximum Gasteiger partial charge on any atom is 0.253 e. The highest BCUT2D eigenvalue weighted by Gasteiger charge is 2.26. The number of carbonyl (C=O) groups is 1. The molecule has 1 fully saturated rings. The number of aryl methyl sites for hydroxylation is 1. The van der Waals surface area contributed by atoms with E-state index in [1.165, 1.54) is 0 Å². The molecule has 0 bridgehead atoms. The number of benzene rings is 1. The SMILES string of the molecule is Cc1nc(-c2cccc(C(=O)N3CC[C@@H](CN)C3)c2)n[nH]1. The third-order valence-electron chi connectivity index (χ3n) is 3.87. The lowest BCUT2D eigenvalue weighted by Gasteiger charge is -2.16. The summed E-state index contributed by atoms with van der Waals surface area (Å²) < 4.78 is 0. The van der Waals surface area contributed by atoms with Crippen LogP contribution in [-0.2, 0) is 0 Å². The average Bonchev–Trinajstić information content (AvgIpc) is 3.15. The molecule has 21 heavy (non-hydrogen) atoms. The summed E-state index contributed by atoms with van der Waals surface area (Å²) in [5.41, 5.74) is 7.20. The Kier molecular flexibility index (Phi) is 3.70. The molecule has 0 saturated carbocycles. The molecule has 1 aliphatic rings. The first-order chi connectivity index (χ1) is 10.2. The van der Waals surface area contributed by atoms with Crippen molar-refractivity contribution in [2.45, 2.75) is 13.3 Å². The number of nitrogens with two attached hydrogens (primary N) is 1. The molecule has 110 valence electrons. The van der Waals surface area contributed by atoms with Gasteiger partial charge in [-0.2, -0.15) is 5.10 Å². The summed E-state index contributed by atoms with van der Waals surface area (Å²) in [5.74, 6) is 1.85. The molecule has 2 heterocycles. The summed E-state index contributed by atoms with van der Waals surface area (Å²) in [7, 11) is 0. The summed E-state index contributed by atoms with van der Waals surface area (Å²) in [6, 6.07) is 7.46. The second-order valence-electron chi connectivity index (χ2n) is 5.47. The van der Waals surface area contributed by atoms with Gasteiger partial charge in [-0.15, -0.1) is 0 Å². The molecule has 0 aliphatic carbocycles. The van der Waals surface area contributed by atoms with Gasteiger partial charge in [0.2, 0.25) is 0 Å². The van der Waals surface area contributed by atoms with Crippen molar-refractivity contribution in [1.29, 1.82) is 0 Å². The first-order valence-corrected chi connectivity index (χ1v) is 7.16. The zero-order valence-electron chi connectivity index (χ0n) is 12.0. The van der Waals surface area contributed by atoms with E-state index in [1.807, 2.05) is 36.1 Å². The van der Waals surface area contributed by atoms with E-state index in [4.69, 9.17) is 5.73 Å². The molecule has 1 atom stereocenters. The molecule has 6 nitrogen and oxygen atoms in total. The van der Waals surface area contributed by atoms with Crippen LogP contribution in [0.25, 0.3) is 11.4 Å². The quantitative estimate of drug-likeness (QED) is 0.887. The van der Waals surface area contributed by atoms with E-state index in [0.717, 1.165) is 30.9 Å². The standard InChI is InChI=1S/C15H19N5O/c1-10-17-14(19-18-10)12-3-2-4-13(7-12)15(21)20-6-5-11(8-16)9-20/h2-4,7,11H,5-6,8-9,16H2,1H3,(H,17,18,19)/t11-/m0/s1. The van der Waals surface area contributed by atoms with Crippen LogP contribution in [0.4, 0.5) is 0 Å². The van der Waals surface area contributed by atoms with Crippen molar-refractivity contribution >= 4 is 5.91 Å². The van der Waals surface area contributed by atoms with Crippen molar-refractivity contribution in [3.05, 3.63) is 35.7 Å². The van der Waals surface area contributed by atoms with Gasteiger partial charge in [-0.05, 0) is 37.9 Å². The molecule has 0 spiro atoms. The number of amides is 1. The molecule has 1 aromatic carbocycles. The molecule has 1 saturated heterocycles. The fraction of sp³-hybridized carbons (Fsp3) is 0.400. The van der Waals surface area contributed by atoms with Crippen molar-refractivity contribution in [3.8, 4) is 11.4 Å². The highest BCUT2D eigenvalue weighted by atomic mass is 16.2. The number of aromatic nitrogens is 3. The number of nitrogens with one attached hydrogen (secondary N) is 1. The number of aromatic amines is 1. The number of hydrogen-bond donors (Lipinski definition) is 2. The Bertz CT molecular complexity index is 651. The molecule has 3 N–H and O–H groups in total. The molecule has 3 rings (SSSR count). The van der Waals surface area contributed by atoms with Crippen molar-refractivity contribution < 1.29 is 4.79 Å². The fourth-order valence-electron chi connectivity index (χ4n) is 2.66. The maximum absolute atomic E-state index is 12.5. The first-order valence-electron chi connectivity index (χ1n) is 7.16. The van der Waals surface area contributed by atoms with Gasteiger partial charge in [0.25, 0.3) is 5.91 Å². The van der Waals surface area contributed by atoms with Crippen molar-refractivity contribution in [1.82, 2.24) is 20.1 Å². The van der Waals surface area contributed by atoms with Gasteiger partial charge in [-0.3, -0.25) is 9.89 Å². The molecule has 1 aliphatic heterocycles. The normalized spacial score (nSPS) is 18.2.